The van der Waals surface area contributed by atoms with E-state index in [1.165, 1.54) is 0 Å². The van der Waals surface area contributed by atoms with Gasteiger partial charge in [-0.05, 0) is 80.8 Å². The number of ether oxygens (including phenoxy) is 4. The van der Waals surface area contributed by atoms with Crippen LogP contribution in [0.15, 0.2) is 54.6 Å². The van der Waals surface area contributed by atoms with E-state index in [-0.39, 0.29) is 12.5 Å². The SMILES string of the molecule is COc1ccc(C(=O)Nc2c(C)nn(Cc3ccc(OC)c(OC)c3)c2C)cc1COc1cc(C)ccc1C. The summed E-state index contributed by atoms with van der Waals surface area (Å²) >= 11 is 0. The van der Waals surface area contributed by atoms with Crippen molar-refractivity contribution in [2.45, 2.75) is 40.8 Å². The van der Waals surface area contributed by atoms with Crippen LogP contribution in [0.2, 0.25) is 0 Å². The topological polar surface area (TPSA) is 83.8 Å². The lowest BCUT2D eigenvalue weighted by molar-refractivity contribution is 0.102. The average molecular weight is 530 g/mol. The van der Waals surface area contributed by atoms with Crippen molar-refractivity contribution >= 4 is 11.6 Å². The predicted octanol–water partition coefficient (Wildman–Crippen LogP) is 6.02. The molecular weight excluding hydrogens is 494 g/mol. The van der Waals surface area contributed by atoms with Crippen LogP contribution in [-0.4, -0.2) is 37.0 Å². The summed E-state index contributed by atoms with van der Waals surface area (Å²) in [5.41, 5.74) is 6.71. The number of nitrogens with one attached hydrogen (secondary N) is 1. The Kier molecular flexibility index (Phi) is 8.44. The molecule has 204 valence electrons. The molecule has 4 rings (SSSR count). The number of hydrogen-bond donors (Lipinski definition) is 1. The van der Waals surface area contributed by atoms with Crippen molar-refractivity contribution in [3.05, 3.63) is 93.8 Å². The van der Waals surface area contributed by atoms with Gasteiger partial charge in [-0.25, -0.2) is 0 Å². The maximum absolute atomic E-state index is 13.3. The molecule has 0 fully saturated rings. The molecule has 0 saturated carbocycles. The van der Waals surface area contributed by atoms with E-state index in [1.807, 2.05) is 68.8 Å². The first-order valence-electron chi connectivity index (χ1n) is 12.7. The second-order valence-corrected chi connectivity index (χ2v) is 9.43. The van der Waals surface area contributed by atoms with Crippen molar-refractivity contribution in [3.63, 3.8) is 0 Å². The molecule has 0 aliphatic rings. The molecule has 3 aromatic carbocycles. The number of hydrogen-bond acceptors (Lipinski definition) is 6. The lowest BCUT2D eigenvalue weighted by Gasteiger charge is -2.14. The number of aryl methyl sites for hydroxylation is 3. The molecule has 0 unspecified atom stereocenters. The van der Waals surface area contributed by atoms with Gasteiger partial charge in [-0.1, -0.05) is 18.2 Å². The molecule has 8 heteroatoms. The molecule has 0 radical (unpaired) electrons. The standard InChI is InChI=1S/C31H35N3O5/c1-19-8-9-20(2)28(14-19)39-18-25-16-24(11-13-26(25)36-5)31(35)32-30-21(3)33-34(22(30)4)17-23-10-12-27(37-6)29(15-23)38-7/h8-16H,17-18H2,1-7H3,(H,32,35). The number of methoxy groups -OCH3 is 3. The van der Waals surface area contributed by atoms with Gasteiger partial charge in [-0.15, -0.1) is 0 Å². The quantitative estimate of drug-likeness (QED) is 0.270. The van der Waals surface area contributed by atoms with Gasteiger partial charge < -0.3 is 24.3 Å². The van der Waals surface area contributed by atoms with E-state index in [2.05, 4.69) is 10.4 Å². The summed E-state index contributed by atoms with van der Waals surface area (Å²) in [6, 6.07) is 17.2. The maximum atomic E-state index is 13.3. The molecule has 39 heavy (non-hydrogen) atoms. The Morgan fingerprint density at radius 2 is 1.54 bits per heavy atom. The summed E-state index contributed by atoms with van der Waals surface area (Å²) < 4.78 is 24.2. The molecule has 1 aromatic heterocycles. The van der Waals surface area contributed by atoms with Crippen LogP contribution in [0.3, 0.4) is 0 Å². The Morgan fingerprint density at radius 1 is 0.821 bits per heavy atom. The van der Waals surface area contributed by atoms with E-state index in [0.717, 1.165) is 39.4 Å². The summed E-state index contributed by atoms with van der Waals surface area (Å²) in [5.74, 6) is 2.55. The second-order valence-electron chi connectivity index (χ2n) is 9.43. The Morgan fingerprint density at radius 3 is 2.26 bits per heavy atom. The highest BCUT2D eigenvalue weighted by Gasteiger charge is 2.18. The molecular formula is C31H35N3O5. The van der Waals surface area contributed by atoms with Crippen LogP contribution >= 0.6 is 0 Å². The lowest BCUT2D eigenvalue weighted by Crippen LogP contribution is -2.14. The van der Waals surface area contributed by atoms with Gasteiger partial charge in [0.25, 0.3) is 5.91 Å². The van der Waals surface area contributed by atoms with Crippen LogP contribution in [0.25, 0.3) is 0 Å². The number of carbonyl (C=O) groups is 1. The number of amides is 1. The molecule has 1 heterocycles. The second kappa shape index (κ2) is 11.9. The van der Waals surface area contributed by atoms with Gasteiger partial charge >= 0.3 is 0 Å². The third-order valence-corrected chi connectivity index (χ3v) is 6.67. The molecule has 4 aromatic rings. The van der Waals surface area contributed by atoms with Crippen molar-refractivity contribution in [1.82, 2.24) is 9.78 Å². The number of aromatic nitrogens is 2. The van der Waals surface area contributed by atoms with E-state index in [0.29, 0.717) is 35.0 Å². The zero-order valence-electron chi connectivity index (χ0n) is 23.5. The lowest BCUT2D eigenvalue weighted by atomic mass is 10.1. The minimum absolute atomic E-state index is 0.234. The van der Waals surface area contributed by atoms with Gasteiger partial charge in [0.2, 0.25) is 0 Å². The van der Waals surface area contributed by atoms with E-state index >= 15 is 0 Å². The molecule has 0 aliphatic carbocycles. The molecule has 0 saturated heterocycles. The van der Waals surface area contributed by atoms with Gasteiger partial charge in [-0.2, -0.15) is 5.10 Å². The van der Waals surface area contributed by atoms with Gasteiger partial charge in [0.15, 0.2) is 11.5 Å². The van der Waals surface area contributed by atoms with E-state index < -0.39 is 0 Å². The van der Waals surface area contributed by atoms with E-state index in [1.54, 1.807) is 39.5 Å². The fourth-order valence-corrected chi connectivity index (χ4v) is 4.42. The number of nitrogens with zero attached hydrogens (tertiary/aromatic N) is 2. The average Bonchev–Trinajstić information content (AvgIpc) is 3.20. The van der Waals surface area contributed by atoms with Gasteiger partial charge in [0.1, 0.15) is 18.1 Å². The zero-order valence-corrected chi connectivity index (χ0v) is 23.5. The number of rotatable bonds is 10. The van der Waals surface area contributed by atoms with Gasteiger partial charge in [0, 0.05) is 11.1 Å². The highest BCUT2D eigenvalue weighted by Crippen LogP contribution is 2.29. The Balaban J connectivity index is 1.52. The monoisotopic (exact) mass is 529 g/mol. The van der Waals surface area contributed by atoms with E-state index in [4.69, 9.17) is 18.9 Å². The van der Waals surface area contributed by atoms with Gasteiger partial charge in [-0.3, -0.25) is 9.48 Å². The minimum atomic E-state index is -0.234. The third kappa shape index (κ3) is 6.17. The normalized spacial score (nSPS) is 10.7. The molecule has 0 spiro atoms. The van der Waals surface area contributed by atoms with Crippen LogP contribution in [0.5, 0.6) is 23.0 Å². The van der Waals surface area contributed by atoms with Crippen molar-refractivity contribution < 1.29 is 23.7 Å². The molecule has 8 nitrogen and oxygen atoms in total. The van der Waals surface area contributed by atoms with Crippen molar-refractivity contribution in [3.8, 4) is 23.0 Å². The minimum Gasteiger partial charge on any atom is -0.496 e. The van der Waals surface area contributed by atoms with E-state index in [9.17, 15) is 4.79 Å². The Labute approximate surface area is 229 Å². The molecule has 0 bridgehead atoms. The summed E-state index contributed by atoms with van der Waals surface area (Å²) in [6.07, 6.45) is 0. The highest BCUT2D eigenvalue weighted by atomic mass is 16.5. The number of anilines is 1. The summed E-state index contributed by atoms with van der Waals surface area (Å²) in [5, 5.41) is 7.71. The van der Waals surface area contributed by atoms with Crippen LogP contribution in [0.1, 0.15) is 44.0 Å². The Hall–Kier alpha value is -4.46. The molecule has 0 atom stereocenters. The first-order chi connectivity index (χ1) is 18.7. The van der Waals surface area contributed by atoms with Crippen molar-refractivity contribution in [2.75, 3.05) is 26.6 Å². The molecule has 1 N–H and O–H groups in total. The zero-order chi connectivity index (χ0) is 28.1. The first kappa shape index (κ1) is 27.6. The summed E-state index contributed by atoms with van der Waals surface area (Å²) in [4.78, 5) is 13.3. The number of benzene rings is 3. The maximum Gasteiger partial charge on any atom is 0.255 e. The smallest absolute Gasteiger partial charge is 0.255 e. The van der Waals surface area contributed by atoms with Crippen LogP contribution in [0.4, 0.5) is 5.69 Å². The Bertz CT molecular complexity index is 1490. The summed E-state index contributed by atoms with van der Waals surface area (Å²) in [7, 11) is 4.83. The summed E-state index contributed by atoms with van der Waals surface area (Å²) in [6.45, 7) is 8.64. The van der Waals surface area contributed by atoms with Crippen LogP contribution in [-0.2, 0) is 13.2 Å². The third-order valence-electron chi connectivity index (χ3n) is 6.67. The van der Waals surface area contributed by atoms with Crippen LogP contribution in [0, 0.1) is 27.7 Å². The fourth-order valence-electron chi connectivity index (χ4n) is 4.42. The number of carbonyl (C=O) groups excluding carboxylic acids is 1. The van der Waals surface area contributed by atoms with Crippen molar-refractivity contribution in [2.24, 2.45) is 0 Å². The predicted molar refractivity (Wildman–Crippen MR) is 152 cm³/mol. The first-order valence-corrected chi connectivity index (χ1v) is 12.7. The molecule has 1 amide bonds. The van der Waals surface area contributed by atoms with Gasteiger partial charge in [0.05, 0.1) is 44.9 Å². The molecule has 0 aliphatic heterocycles. The fraction of sp³-hybridized carbons (Fsp3) is 0.290. The highest BCUT2D eigenvalue weighted by molar-refractivity contribution is 6.05. The van der Waals surface area contributed by atoms with Crippen LogP contribution < -0.4 is 24.3 Å². The largest absolute Gasteiger partial charge is 0.496 e. The van der Waals surface area contributed by atoms with Crippen molar-refractivity contribution in [1.29, 1.82) is 0 Å².